The SMILES string of the molecule is CCCCCNC(C)c1ccc(CC)o1. The molecule has 1 aromatic rings. The van der Waals surface area contributed by atoms with Crippen LogP contribution < -0.4 is 5.32 Å². The van der Waals surface area contributed by atoms with Gasteiger partial charge in [-0.1, -0.05) is 26.7 Å². The first-order valence-corrected chi connectivity index (χ1v) is 6.09. The zero-order valence-electron chi connectivity index (χ0n) is 10.2. The second kappa shape index (κ2) is 6.67. The summed E-state index contributed by atoms with van der Waals surface area (Å²) in [6.45, 7) is 7.58. The van der Waals surface area contributed by atoms with Crippen molar-refractivity contribution >= 4 is 0 Å². The predicted molar refractivity (Wildman–Crippen MR) is 64.0 cm³/mol. The van der Waals surface area contributed by atoms with Crippen LogP contribution in [0.2, 0.25) is 0 Å². The molecule has 0 saturated carbocycles. The molecule has 15 heavy (non-hydrogen) atoms. The van der Waals surface area contributed by atoms with Gasteiger partial charge >= 0.3 is 0 Å². The van der Waals surface area contributed by atoms with Crippen molar-refractivity contribution in [1.29, 1.82) is 0 Å². The Morgan fingerprint density at radius 1 is 1.27 bits per heavy atom. The van der Waals surface area contributed by atoms with E-state index in [1.54, 1.807) is 0 Å². The van der Waals surface area contributed by atoms with E-state index in [2.05, 4.69) is 38.2 Å². The molecule has 86 valence electrons. The van der Waals surface area contributed by atoms with Crippen molar-refractivity contribution in [1.82, 2.24) is 5.32 Å². The molecule has 1 atom stereocenters. The van der Waals surface area contributed by atoms with Crippen molar-refractivity contribution in [2.24, 2.45) is 0 Å². The van der Waals surface area contributed by atoms with Gasteiger partial charge in [-0.15, -0.1) is 0 Å². The summed E-state index contributed by atoms with van der Waals surface area (Å²) in [7, 11) is 0. The number of aryl methyl sites for hydroxylation is 1. The fourth-order valence-electron chi connectivity index (χ4n) is 1.61. The Balaban J connectivity index is 2.29. The lowest BCUT2D eigenvalue weighted by atomic mass is 10.2. The fraction of sp³-hybridized carbons (Fsp3) is 0.692. The van der Waals surface area contributed by atoms with Gasteiger partial charge in [0.25, 0.3) is 0 Å². The minimum atomic E-state index is 0.335. The number of hydrogen-bond acceptors (Lipinski definition) is 2. The summed E-state index contributed by atoms with van der Waals surface area (Å²) in [6.07, 6.45) is 4.81. The third kappa shape index (κ3) is 4.08. The van der Waals surface area contributed by atoms with Crippen LogP contribution in [-0.4, -0.2) is 6.54 Å². The molecule has 0 saturated heterocycles. The van der Waals surface area contributed by atoms with Gasteiger partial charge in [-0.05, 0) is 32.0 Å². The highest BCUT2D eigenvalue weighted by molar-refractivity contribution is 5.09. The maximum absolute atomic E-state index is 5.69. The Morgan fingerprint density at radius 2 is 2.07 bits per heavy atom. The van der Waals surface area contributed by atoms with Crippen molar-refractivity contribution in [3.8, 4) is 0 Å². The lowest BCUT2D eigenvalue weighted by Crippen LogP contribution is -2.19. The van der Waals surface area contributed by atoms with Crippen molar-refractivity contribution in [3.63, 3.8) is 0 Å². The molecule has 2 nitrogen and oxygen atoms in total. The van der Waals surface area contributed by atoms with E-state index in [1.165, 1.54) is 19.3 Å². The van der Waals surface area contributed by atoms with Crippen molar-refractivity contribution < 1.29 is 4.42 Å². The lowest BCUT2D eigenvalue weighted by molar-refractivity contribution is 0.406. The maximum atomic E-state index is 5.69. The minimum absolute atomic E-state index is 0.335. The lowest BCUT2D eigenvalue weighted by Gasteiger charge is -2.10. The smallest absolute Gasteiger partial charge is 0.120 e. The number of nitrogens with one attached hydrogen (secondary N) is 1. The molecule has 1 unspecified atom stereocenters. The highest BCUT2D eigenvalue weighted by Gasteiger charge is 2.08. The molecule has 1 heterocycles. The summed E-state index contributed by atoms with van der Waals surface area (Å²) in [5.74, 6) is 2.13. The van der Waals surface area contributed by atoms with Crippen molar-refractivity contribution in [3.05, 3.63) is 23.7 Å². The molecular weight excluding hydrogens is 186 g/mol. The van der Waals surface area contributed by atoms with Gasteiger partial charge < -0.3 is 9.73 Å². The largest absolute Gasteiger partial charge is 0.464 e. The molecule has 0 amide bonds. The highest BCUT2D eigenvalue weighted by Crippen LogP contribution is 2.16. The zero-order valence-corrected chi connectivity index (χ0v) is 10.2. The topological polar surface area (TPSA) is 25.2 Å². The van der Waals surface area contributed by atoms with Crippen molar-refractivity contribution in [2.45, 2.75) is 52.5 Å². The van der Waals surface area contributed by atoms with Crippen LogP contribution >= 0.6 is 0 Å². The molecule has 0 aliphatic rings. The first kappa shape index (κ1) is 12.3. The van der Waals surface area contributed by atoms with Crippen molar-refractivity contribution in [2.75, 3.05) is 6.54 Å². The molecule has 0 aliphatic carbocycles. The number of hydrogen-bond donors (Lipinski definition) is 1. The molecular formula is C13H23NO. The zero-order chi connectivity index (χ0) is 11.1. The summed E-state index contributed by atoms with van der Waals surface area (Å²) >= 11 is 0. The van der Waals surface area contributed by atoms with Gasteiger partial charge in [-0.25, -0.2) is 0 Å². The van der Waals surface area contributed by atoms with E-state index in [1.807, 2.05) is 0 Å². The van der Waals surface area contributed by atoms with Gasteiger partial charge in [0, 0.05) is 6.42 Å². The fourth-order valence-corrected chi connectivity index (χ4v) is 1.61. The van der Waals surface area contributed by atoms with Crippen LogP contribution in [0.4, 0.5) is 0 Å². The Kier molecular flexibility index (Phi) is 5.48. The van der Waals surface area contributed by atoms with Crippen LogP contribution in [-0.2, 0) is 6.42 Å². The quantitative estimate of drug-likeness (QED) is 0.693. The molecule has 0 bridgehead atoms. The summed E-state index contributed by atoms with van der Waals surface area (Å²) in [5.41, 5.74) is 0. The third-order valence-corrected chi connectivity index (χ3v) is 2.69. The summed E-state index contributed by atoms with van der Waals surface area (Å²) in [4.78, 5) is 0. The van der Waals surface area contributed by atoms with E-state index in [0.29, 0.717) is 6.04 Å². The molecule has 1 N–H and O–H groups in total. The Bertz CT molecular complexity index is 267. The molecule has 0 aromatic carbocycles. The van der Waals surface area contributed by atoms with Crippen LogP contribution in [0.3, 0.4) is 0 Å². The van der Waals surface area contributed by atoms with Gasteiger partial charge in [-0.2, -0.15) is 0 Å². The second-order valence-corrected chi connectivity index (χ2v) is 4.04. The normalized spacial score (nSPS) is 13.0. The highest BCUT2D eigenvalue weighted by atomic mass is 16.3. The van der Waals surface area contributed by atoms with E-state index in [9.17, 15) is 0 Å². The monoisotopic (exact) mass is 209 g/mol. The average molecular weight is 209 g/mol. The second-order valence-electron chi connectivity index (χ2n) is 4.04. The predicted octanol–water partition coefficient (Wildman–Crippen LogP) is 3.68. The molecule has 0 spiro atoms. The summed E-state index contributed by atoms with van der Waals surface area (Å²) < 4.78 is 5.69. The average Bonchev–Trinajstić information content (AvgIpc) is 2.72. The summed E-state index contributed by atoms with van der Waals surface area (Å²) in [6, 6.07) is 4.48. The van der Waals surface area contributed by atoms with E-state index in [-0.39, 0.29) is 0 Å². The maximum Gasteiger partial charge on any atom is 0.120 e. The van der Waals surface area contributed by atoms with Crippen LogP contribution in [0.5, 0.6) is 0 Å². The van der Waals surface area contributed by atoms with E-state index in [4.69, 9.17) is 4.42 Å². The van der Waals surface area contributed by atoms with E-state index >= 15 is 0 Å². The number of unbranched alkanes of at least 4 members (excludes halogenated alkanes) is 2. The van der Waals surface area contributed by atoms with Gasteiger partial charge in [0.1, 0.15) is 11.5 Å². The standard InChI is InChI=1S/C13H23NO/c1-4-6-7-10-14-11(3)13-9-8-12(5-2)15-13/h8-9,11,14H,4-7,10H2,1-3H3. The molecule has 1 rings (SSSR count). The number of rotatable bonds is 7. The first-order chi connectivity index (χ1) is 7.27. The van der Waals surface area contributed by atoms with Crippen LogP contribution in [0.15, 0.2) is 16.5 Å². The van der Waals surface area contributed by atoms with Crippen LogP contribution in [0, 0.1) is 0 Å². The van der Waals surface area contributed by atoms with Gasteiger partial charge in [-0.3, -0.25) is 0 Å². The summed E-state index contributed by atoms with van der Waals surface area (Å²) in [5, 5.41) is 3.48. The molecule has 0 fully saturated rings. The van der Waals surface area contributed by atoms with E-state index in [0.717, 1.165) is 24.5 Å². The molecule has 0 aliphatic heterocycles. The molecule has 0 radical (unpaired) electrons. The molecule has 2 heteroatoms. The van der Waals surface area contributed by atoms with Gasteiger partial charge in [0.15, 0.2) is 0 Å². The van der Waals surface area contributed by atoms with Crippen LogP contribution in [0.1, 0.15) is 57.6 Å². The minimum Gasteiger partial charge on any atom is -0.464 e. The van der Waals surface area contributed by atoms with Gasteiger partial charge in [0.05, 0.1) is 6.04 Å². The third-order valence-electron chi connectivity index (χ3n) is 2.69. The van der Waals surface area contributed by atoms with Crippen LogP contribution in [0.25, 0.3) is 0 Å². The first-order valence-electron chi connectivity index (χ1n) is 6.09. The Morgan fingerprint density at radius 3 is 2.67 bits per heavy atom. The Hall–Kier alpha value is -0.760. The Labute approximate surface area is 93.1 Å². The molecule has 1 aromatic heterocycles. The van der Waals surface area contributed by atoms with Gasteiger partial charge in [0.2, 0.25) is 0 Å². The van der Waals surface area contributed by atoms with E-state index < -0.39 is 0 Å². The number of furan rings is 1.